The van der Waals surface area contributed by atoms with Gasteiger partial charge in [0.25, 0.3) is 5.56 Å². The van der Waals surface area contributed by atoms with Crippen molar-refractivity contribution in [3.63, 3.8) is 0 Å². The van der Waals surface area contributed by atoms with Crippen LogP contribution in [0.5, 0.6) is 0 Å². The van der Waals surface area contributed by atoms with Crippen LogP contribution in [0.15, 0.2) is 11.0 Å². The van der Waals surface area contributed by atoms with Gasteiger partial charge >= 0.3 is 0 Å². The Morgan fingerprint density at radius 1 is 1.50 bits per heavy atom. The van der Waals surface area contributed by atoms with E-state index in [0.717, 1.165) is 0 Å². The van der Waals surface area contributed by atoms with Crippen LogP contribution in [0, 0.1) is 0 Å². The SMILES string of the molecule is CCc1c(Cl)cnn(C(C)(C)C)c1=O. The molecule has 0 bridgehead atoms. The van der Waals surface area contributed by atoms with Gasteiger partial charge in [0.2, 0.25) is 0 Å². The molecule has 14 heavy (non-hydrogen) atoms. The summed E-state index contributed by atoms with van der Waals surface area (Å²) in [6, 6.07) is 0. The maximum atomic E-state index is 11.9. The van der Waals surface area contributed by atoms with Crippen molar-refractivity contribution in [3.05, 3.63) is 27.1 Å². The van der Waals surface area contributed by atoms with E-state index >= 15 is 0 Å². The summed E-state index contributed by atoms with van der Waals surface area (Å²) in [7, 11) is 0. The van der Waals surface area contributed by atoms with E-state index in [1.54, 1.807) is 0 Å². The van der Waals surface area contributed by atoms with Gasteiger partial charge in [0, 0.05) is 5.56 Å². The summed E-state index contributed by atoms with van der Waals surface area (Å²) < 4.78 is 1.47. The van der Waals surface area contributed by atoms with E-state index in [9.17, 15) is 4.79 Å². The van der Waals surface area contributed by atoms with Crippen LogP contribution in [0.4, 0.5) is 0 Å². The lowest BCUT2D eigenvalue weighted by Gasteiger charge is -2.21. The zero-order valence-corrected chi connectivity index (χ0v) is 9.72. The van der Waals surface area contributed by atoms with Crippen LogP contribution in [0.25, 0.3) is 0 Å². The second-order valence-electron chi connectivity index (χ2n) is 4.21. The van der Waals surface area contributed by atoms with Gasteiger partial charge in [0.15, 0.2) is 0 Å². The standard InChI is InChI=1S/C10H15ClN2O/c1-5-7-8(11)6-12-13(9(7)14)10(2,3)4/h6H,5H2,1-4H3. The third-order valence-corrected chi connectivity index (χ3v) is 2.34. The van der Waals surface area contributed by atoms with Gasteiger partial charge in [-0.05, 0) is 27.2 Å². The summed E-state index contributed by atoms with van der Waals surface area (Å²) in [6.45, 7) is 7.73. The minimum Gasteiger partial charge on any atom is -0.267 e. The van der Waals surface area contributed by atoms with Gasteiger partial charge in [-0.25, -0.2) is 4.68 Å². The fourth-order valence-electron chi connectivity index (χ4n) is 1.27. The van der Waals surface area contributed by atoms with E-state index in [2.05, 4.69) is 5.10 Å². The Hall–Kier alpha value is -0.830. The average molecular weight is 215 g/mol. The molecule has 1 heterocycles. The summed E-state index contributed by atoms with van der Waals surface area (Å²) >= 11 is 5.88. The first-order chi connectivity index (χ1) is 6.38. The lowest BCUT2D eigenvalue weighted by molar-refractivity contribution is 0.336. The zero-order chi connectivity index (χ0) is 10.9. The minimum atomic E-state index is -0.300. The van der Waals surface area contributed by atoms with Crippen molar-refractivity contribution in [3.8, 4) is 0 Å². The van der Waals surface area contributed by atoms with Crippen LogP contribution in [-0.2, 0) is 12.0 Å². The highest BCUT2D eigenvalue weighted by Gasteiger charge is 2.18. The molecule has 1 rings (SSSR count). The molecule has 1 aromatic rings. The van der Waals surface area contributed by atoms with Crippen LogP contribution in [0.2, 0.25) is 5.02 Å². The molecule has 0 saturated heterocycles. The summed E-state index contributed by atoms with van der Waals surface area (Å²) in [4.78, 5) is 11.9. The molecule has 78 valence electrons. The van der Waals surface area contributed by atoms with Crippen molar-refractivity contribution >= 4 is 11.6 Å². The molecule has 0 spiro atoms. The van der Waals surface area contributed by atoms with Gasteiger partial charge in [-0.15, -0.1) is 0 Å². The highest BCUT2D eigenvalue weighted by Crippen LogP contribution is 2.14. The Morgan fingerprint density at radius 2 is 2.07 bits per heavy atom. The monoisotopic (exact) mass is 214 g/mol. The molecule has 0 saturated carbocycles. The van der Waals surface area contributed by atoms with Crippen LogP contribution in [-0.4, -0.2) is 9.78 Å². The van der Waals surface area contributed by atoms with E-state index in [4.69, 9.17) is 11.6 Å². The second kappa shape index (κ2) is 3.73. The van der Waals surface area contributed by atoms with E-state index in [1.807, 2.05) is 27.7 Å². The number of rotatable bonds is 1. The molecule has 0 aliphatic heterocycles. The van der Waals surface area contributed by atoms with Crippen LogP contribution in [0.1, 0.15) is 33.3 Å². The van der Waals surface area contributed by atoms with Gasteiger partial charge < -0.3 is 0 Å². The van der Waals surface area contributed by atoms with E-state index in [1.165, 1.54) is 10.9 Å². The van der Waals surface area contributed by atoms with Crippen molar-refractivity contribution in [2.45, 2.75) is 39.7 Å². The molecule has 0 unspecified atom stereocenters. The van der Waals surface area contributed by atoms with E-state index < -0.39 is 0 Å². The summed E-state index contributed by atoms with van der Waals surface area (Å²) in [5.74, 6) is 0. The number of nitrogens with zero attached hydrogens (tertiary/aromatic N) is 2. The maximum absolute atomic E-state index is 11.9. The topological polar surface area (TPSA) is 34.9 Å². The number of hydrogen-bond acceptors (Lipinski definition) is 2. The molecule has 1 aromatic heterocycles. The maximum Gasteiger partial charge on any atom is 0.271 e. The fraction of sp³-hybridized carbons (Fsp3) is 0.600. The minimum absolute atomic E-state index is 0.0903. The molecule has 0 atom stereocenters. The molecule has 0 fully saturated rings. The molecular weight excluding hydrogens is 200 g/mol. The molecule has 0 amide bonds. The predicted molar refractivity (Wildman–Crippen MR) is 57.9 cm³/mol. The summed E-state index contributed by atoms with van der Waals surface area (Å²) in [5.41, 5.74) is 0.245. The average Bonchev–Trinajstić information content (AvgIpc) is 2.02. The first-order valence-corrected chi connectivity index (χ1v) is 5.03. The van der Waals surface area contributed by atoms with Crippen molar-refractivity contribution < 1.29 is 0 Å². The Kier molecular flexibility index (Phi) is 3.00. The Balaban J connectivity index is 3.44. The largest absolute Gasteiger partial charge is 0.271 e. The van der Waals surface area contributed by atoms with Crippen LogP contribution in [0.3, 0.4) is 0 Å². The van der Waals surface area contributed by atoms with Crippen LogP contribution >= 0.6 is 11.6 Å². The van der Waals surface area contributed by atoms with E-state index in [0.29, 0.717) is 17.0 Å². The number of hydrogen-bond donors (Lipinski definition) is 0. The van der Waals surface area contributed by atoms with Gasteiger partial charge in [-0.3, -0.25) is 4.79 Å². The van der Waals surface area contributed by atoms with Crippen LogP contribution < -0.4 is 5.56 Å². The molecule has 0 aromatic carbocycles. The molecule has 0 aliphatic carbocycles. The zero-order valence-electron chi connectivity index (χ0n) is 8.97. The third kappa shape index (κ3) is 1.98. The Morgan fingerprint density at radius 3 is 2.50 bits per heavy atom. The predicted octanol–water partition coefficient (Wildman–Crippen LogP) is 2.21. The van der Waals surface area contributed by atoms with Crippen molar-refractivity contribution in [1.29, 1.82) is 0 Å². The highest BCUT2D eigenvalue weighted by atomic mass is 35.5. The number of halogens is 1. The lowest BCUT2D eigenvalue weighted by Crippen LogP contribution is -2.37. The first-order valence-electron chi connectivity index (χ1n) is 4.65. The van der Waals surface area contributed by atoms with Crippen molar-refractivity contribution in [2.75, 3.05) is 0 Å². The highest BCUT2D eigenvalue weighted by molar-refractivity contribution is 6.31. The smallest absolute Gasteiger partial charge is 0.267 e. The summed E-state index contributed by atoms with van der Waals surface area (Å²) in [5, 5.41) is 4.49. The summed E-state index contributed by atoms with van der Waals surface area (Å²) in [6.07, 6.45) is 2.17. The van der Waals surface area contributed by atoms with E-state index in [-0.39, 0.29) is 11.1 Å². The van der Waals surface area contributed by atoms with Crippen molar-refractivity contribution in [2.24, 2.45) is 0 Å². The second-order valence-corrected chi connectivity index (χ2v) is 4.62. The normalized spacial score (nSPS) is 11.8. The molecule has 0 radical (unpaired) electrons. The van der Waals surface area contributed by atoms with Crippen molar-refractivity contribution in [1.82, 2.24) is 9.78 Å². The lowest BCUT2D eigenvalue weighted by atomic mass is 10.1. The molecular formula is C10H15ClN2O. The molecule has 0 aliphatic rings. The number of aromatic nitrogens is 2. The molecule has 4 heteroatoms. The quantitative estimate of drug-likeness (QED) is 0.719. The molecule has 3 nitrogen and oxygen atoms in total. The van der Waals surface area contributed by atoms with Gasteiger partial charge in [-0.2, -0.15) is 5.10 Å². The Bertz CT molecular complexity index is 390. The Labute approximate surface area is 88.7 Å². The third-order valence-electron chi connectivity index (χ3n) is 2.01. The van der Waals surface area contributed by atoms with Gasteiger partial charge in [0.1, 0.15) is 0 Å². The fourth-order valence-corrected chi connectivity index (χ4v) is 1.52. The molecule has 0 N–H and O–H groups in total. The van der Waals surface area contributed by atoms with Gasteiger partial charge in [0.05, 0.1) is 16.8 Å². The first kappa shape index (κ1) is 11.2. The van der Waals surface area contributed by atoms with Gasteiger partial charge in [-0.1, -0.05) is 18.5 Å².